The van der Waals surface area contributed by atoms with Crippen molar-refractivity contribution in [1.82, 2.24) is 15.2 Å². The van der Waals surface area contributed by atoms with Gasteiger partial charge in [-0.1, -0.05) is 24.3 Å². The summed E-state index contributed by atoms with van der Waals surface area (Å²) in [4.78, 5) is 30.7. The van der Waals surface area contributed by atoms with Crippen molar-refractivity contribution in [3.8, 4) is 0 Å². The van der Waals surface area contributed by atoms with Crippen molar-refractivity contribution >= 4 is 22.9 Å². The highest BCUT2D eigenvalue weighted by Gasteiger charge is 2.27. The molecule has 1 N–H and O–H groups in total. The molecule has 1 aliphatic heterocycles. The molecule has 7 heteroatoms. The summed E-state index contributed by atoms with van der Waals surface area (Å²) in [5, 5.41) is 2.62. The molecular weight excluding hydrogens is 373 g/mol. The molecule has 0 spiro atoms. The fourth-order valence-corrected chi connectivity index (χ4v) is 3.62. The first-order valence-electron chi connectivity index (χ1n) is 9.73. The van der Waals surface area contributed by atoms with E-state index in [0.29, 0.717) is 18.7 Å². The lowest BCUT2D eigenvalue weighted by Gasteiger charge is -2.30. The van der Waals surface area contributed by atoms with Gasteiger partial charge in [-0.15, -0.1) is 0 Å². The lowest BCUT2D eigenvalue weighted by atomic mass is 9.97. The van der Waals surface area contributed by atoms with Gasteiger partial charge < -0.3 is 14.6 Å². The van der Waals surface area contributed by atoms with Crippen LogP contribution in [0, 0.1) is 5.82 Å². The minimum absolute atomic E-state index is 0.0465. The number of nitrogens with zero attached hydrogens (tertiary/aromatic N) is 2. The smallest absolute Gasteiger partial charge is 0.241 e. The van der Waals surface area contributed by atoms with Gasteiger partial charge in [0.15, 0.2) is 11.5 Å². The van der Waals surface area contributed by atoms with Crippen LogP contribution in [0.15, 0.2) is 52.9 Å². The van der Waals surface area contributed by atoms with Crippen molar-refractivity contribution in [2.45, 2.75) is 25.2 Å². The highest BCUT2D eigenvalue weighted by molar-refractivity contribution is 5.85. The van der Waals surface area contributed by atoms with Gasteiger partial charge in [-0.05, 0) is 42.7 Å². The van der Waals surface area contributed by atoms with Crippen LogP contribution in [-0.4, -0.2) is 41.3 Å². The van der Waals surface area contributed by atoms with Gasteiger partial charge in [0.05, 0.1) is 13.0 Å². The molecule has 0 unspecified atom stereocenters. The topological polar surface area (TPSA) is 75.4 Å². The summed E-state index contributed by atoms with van der Waals surface area (Å²) >= 11 is 0. The average Bonchev–Trinajstić information content (AvgIpc) is 3.16. The second-order valence-corrected chi connectivity index (χ2v) is 7.26. The molecule has 150 valence electrons. The van der Waals surface area contributed by atoms with Gasteiger partial charge in [-0.3, -0.25) is 9.59 Å². The number of oxazole rings is 1. The Balaban J connectivity index is 1.25. The summed E-state index contributed by atoms with van der Waals surface area (Å²) in [5.41, 5.74) is 2.21. The van der Waals surface area contributed by atoms with Gasteiger partial charge in [0.25, 0.3) is 0 Å². The van der Waals surface area contributed by atoms with E-state index in [0.717, 1.165) is 29.8 Å². The van der Waals surface area contributed by atoms with Crippen LogP contribution in [0.25, 0.3) is 11.1 Å². The van der Waals surface area contributed by atoms with Gasteiger partial charge in [0, 0.05) is 19.0 Å². The Morgan fingerprint density at radius 2 is 1.93 bits per heavy atom. The number of hydrogen-bond donors (Lipinski definition) is 1. The molecule has 2 heterocycles. The number of nitrogens with one attached hydrogen (secondary N) is 1. The molecule has 1 aromatic heterocycles. The molecule has 4 rings (SSSR count). The first-order chi connectivity index (χ1) is 14.1. The Morgan fingerprint density at radius 1 is 1.14 bits per heavy atom. The van der Waals surface area contributed by atoms with Gasteiger partial charge >= 0.3 is 0 Å². The number of rotatable bonds is 5. The number of carbonyl (C=O) groups is 2. The van der Waals surface area contributed by atoms with Crippen LogP contribution < -0.4 is 5.32 Å². The molecule has 0 radical (unpaired) electrons. The standard InChI is InChI=1S/C22H22FN3O3/c23-17-5-3-4-15(12-17)13-20(27)24-14-21(28)26-10-8-16(9-11-26)22-25-18-6-1-2-7-19(18)29-22/h1-7,12,16H,8-11,13-14H2,(H,24,27). The second kappa shape index (κ2) is 8.43. The second-order valence-electron chi connectivity index (χ2n) is 7.26. The molecule has 2 aromatic carbocycles. The molecule has 29 heavy (non-hydrogen) atoms. The highest BCUT2D eigenvalue weighted by Crippen LogP contribution is 2.29. The van der Waals surface area contributed by atoms with Crippen LogP contribution in [0.2, 0.25) is 0 Å². The zero-order valence-electron chi connectivity index (χ0n) is 15.9. The van der Waals surface area contributed by atoms with E-state index in [9.17, 15) is 14.0 Å². The van der Waals surface area contributed by atoms with Crippen molar-refractivity contribution in [2.75, 3.05) is 19.6 Å². The number of halogens is 1. The van der Waals surface area contributed by atoms with Crippen LogP contribution in [-0.2, 0) is 16.0 Å². The molecule has 1 saturated heterocycles. The van der Waals surface area contributed by atoms with Crippen LogP contribution in [0.1, 0.15) is 30.2 Å². The molecule has 1 fully saturated rings. The molecule has 0 atom stereocenters. The lowest BCUT2D eigenvalue weighted by molar-refractivity contribution is -0.133. The van der Waals surface area contributed by atoms with Crippen LogP contribution in [0.3, 0.4) is 0 Å². The summed E-state index contributed by atoms with van der Waals surface area (Å²) in [7, 11) is 0. The normalized spacial score (nSPS) is 14.9. The van der Waals surface area contributed by atoms with Crippen molar-refractivity contribution in [3.63, 3.8) is 0 Å². The van der Waals surface area contributed by atoms with Crippen LogP contribution >= 0.6 is 0 Å². The minimum atomic E-state index is -0.381. The molecule has 6 nitrogen and oxygen atoms in total. The van der Waals surface area contributed by atoms with E-state index < -0.39 is 0 Å². The predicted molar refractivity (Wildman–Crippen MR) is 106 cm³/mol. The summed E-state index contributed by atoms with van der Waals surface area (Å²) in [6.45, 7) is 1.14. The highest BCUT2D eigenvalue weighted by atomic mass is 19.1. The Hall–Kier alpha value is -3.22. The molecule has 0 bridgehead atoms. The Labute approximate surface area is 167 Å². The number of likely N-dealkylation sites (tertiary alicyclic amines) is 1. The molecule has 1 aliphatic rings. The number of piperidine rings is 1. The maximum absolute atomic E-state index is 13.2. The average molecular weight is 395 g/mol. The molecule has 0 aliphatic carbocycles. The molecule has 0 saturated carbocycles. The first kappa shape index (κ1) is 19.1. The number of carbonyl (C=O) groups excluding carboxylic acids is 2. The third-order valence-electron chi connectivity index (χ3n) is 5.20. The fourth-order valence-electron chi connectivity index (χ4n) is 3.62. The summed E-state index contributed by atoms with van der Waals surface area (Å²) < 4.78 is 19.0. The lowest BCUT2D eigenvalue weighted by Crippen LogP contribution is -2.44. The third-order valence-corrected chi connectivity index (χ3v) is 5.20. The number of para-hydroxylation sites is 2. The van der Waals surface area contributed by atoms with Crippen molar-refractivity contribution in [1.29, 1.82) is 0 Å². The van der Waals surface area contributed by atoms with Crippen molar-refractivity contribution < 1.29 is 18.4 Å². The van der Waals surface area contributed by atoms with E-state index >= 15 is 0 Å². The summed E-state index contributed by atoms with van der Waals surface area (Å²) in [5.74, 6) is 0.114. The van der Waals surface area contributed by atoms with E-state index in [1.165, 1.54) is 12.1 Å². The quantitative estimate of drug-likeness (QED) is 0.721. The van der Waals surface area contributed by atoms with Gasteiger partial charge in [-0.2, -0.15) is 0 Å². The number of hydrogen-bond acceptors (Lipinski definition) is 4. The number of amides is 2. The monoisotopic (exact) mass is 395 g/mol. The summed E-state index contributed by atoms with van der Waals surface area (Å²) in [6, 6.07) is 13.6. The third kappa shape index (κ3) is 4.62. The maximum Gasteiger partial charge on any atom is 0.241 e. The number of fused-ring (bicyclic) bond motifs is 1. The number of benzene rings is 2. The van der Waals surface area contributed by atoms with Crippen LogP contribution in [0.5, 0.6) is 0 Å². The zero-order valence-corrected chi connectivity index (χ0v) is 15.9. The number of aromatic nitrogens is 1. The van der Waals surface area contributed by atoms with Gasteiger partial charge in [0.2, 0.25) is 11.8 Å². The SMILES string of the molecule is O=C(Cc1cccc(F)c1)NCC(=O)N1CCC(c2nc3ccccc3o2)CC1. The van der Waals surface area contributed by atoms with E-state index in [2.05, 4.69) is 10.3 Å². The zero-order chi connectivity index (χ0) is 20.2. The van der Waals surface area contributed by atoms with E-state index in [4.69, 9.17) is 4.42 Å². The van der Waals surface area contributed by atoms with Crippen molar-refractivity contribution in [3.05, 3.63) is 65.8 Å². The van der Waals surface area contributed by atoms with E-state index in [1.807, 2.05) is 24.3 Å². The largest absolute Gasteiger partial charge is 0.440 e. The minimum Gasteiger partial charge on any atom is -0.440 e. The Kier molecular flexibility index (Phi) is 5.55. The molecule has 2 amide bonds. The fraction of sp³-hybridized carbons (Fsp3) is 0.318. The van der Waals surface area contributed by atoms with Gasteiger partial charge in [-0.25, -0.2) is 9.37 Å². The van der Waals surface area contributed by atoms with Crippen LogP contribution in [0.4, 0.5) is 4.39 Å². The summed E-state index contributed by atoms with van der Waals surface area (Å²) in [6.07, 6.45) is 1.59. The Bertz CT molecular complexity index is 992. The van der Waals surface area contributed by atoms with Gasteiger partial charge in [0.1, 0.15) is 11.3 Å². The predicted octanol–water partition coefficient (Wildman–Crippen LogP) is 3.03. The Morgan fingerprint density at radius 3 is 2.69 bits per heavy atom. The molecular formula is C22H22FN3O3. The first-order valence-corrected chi connectivity index (χ1v) is 9.73. The van der Waals surface area contributed by atoms with Crippen molar-refractivity contribution in [2.24, 2.45) is 0 Å². The molecule has 3 aromatic rings. The van der Waals surface area contributed by atoms with E-state index in [-0.39, 0.29) is 36.5 Å². The maximum atomic E-state index is 13.2. The van der Waals surface area contributed by atoms with E-state index in [1.54, 1.807) is 17.0 Å².